The number of amides is 1. The number of hydrogen-bond donors (Lipinski definition) is 2. The molecule has 84 valence electrons. The molecule has 0 fully saturated rings. The van der Waals surface area contributed by atoms with Crippen LogP contribution in [0.2, 0.25) is 0 Å². The summed E-state index contributed by atoms with van der Waals surface area (Å²) in [5.74, 6) is -0.353. The van der Waals surface area contributed by atoms with Gasteiger partial charge in [-0.2, -0.15) is 0 Å². The molecule has 0 aromatic heterocycles. The lowest BCUT2D eigenvalue weighted by molar-refractivity contribution is -0.129. The van der Waals surface area contributed by atoms with Crippen molar-refractivity contribution in [1.82, 2.24) is 5.32 Å². The molecular formula is C12H19NO2. The molecule has 0 saturated heterocycles. The van der Waals surface area contributed by atoms with E-state index < -0.39 is 6.10 Å². The Bertz CT molecular complexity index is 272. The van der Waals surface area contributed by atoms with E-state index in [-0.39, 0.29) is 5.91 Å². The van der Waals surface area contributed by atoms with Crippen LogP contribution in [0.4, 0.5) is 0 Å². The minimum absolute atomic E-state index is 0.353. The van der Waals surface area contributed by atoms with E-state index in [4.69, 9.17) is 0 Å². The van der Waals surface area contributed by atoms with E-state index in [2.05, 4.69) is 5.32 Å². The van der Waals surface area contributed by atoms with Crippen LogP contribution in [0.5, 0.6) is 0 Å². The van der Waals surface area contributed by atoms with Gasteiger partial charge in [-0.1, -0.05) is 44.2 Å². The highest BCUT2D eigenvalue weighted by Crippen LogP contribution is 2.11. The molecule has 1 unspecified atom stereocenters. The molecule has 1 rings (SSSR count). The van der Waals surface area contributed by atoms with Crippen LogP contribution in [-0.4, -0.2) is 17.6 Å². The van der Waals surface area contributed by atoms with Crippen molar-refractivity contribution >= 4 is 5.91 Å². The molecule has 0 spiro atoms. The Morgan fingerprint density at radius 2 is 1.87 bits per heavy atom. The van der Waals surface area contributed by atoms with Crippen molar-refractivity contribution in [3.05, 3.63) is 35.9 Å². The van der Waals surface area contributed by atoms with Crippen LogP contribution in [0.25, 0.3) is 0 Å². The van der Waals surface area contributed by atoms with Gasteiger partial charge < -0.3 is 10.4 Å². The predicted octanol–water partition coefficient (Wildman–Crippen LogP) is 1.88. The average Bonchev–Trinajstić information content (AvgIpc) is 2.32. The fourth-order valence-electron chi connectivity index (χ4n) is 1.06. The van der Waals surface area contributed by atoms with Gasteiger partial charge in [-0.3, -0.25) is 4.79 Å². The Kier molecular flexibility index (Phi) is 7.28. The zero-order chi connectivity index (χ0) is 11.7. The minimum atomic E-state index is -1.05. The molecule has 0 radical (unpaired) electrons. The number of aliphatic hydroxyl groups excluding tert-OH is 1. The van der Waals surface area contributed by atoms with E-state index in [9.17, 15) is 9.90 Å². The van der Waals surface area contributed by atoms with Crippen molar-refractivity contribution in [3.63, 3.8) is 0 Å². The van der Waals surface area contributed by atoms with Crippen LogP contribution < -0.4 is 5.32 Å². The SMILES string of the molecule is CC.CCNC(=O)C(O)c1ccccc1. The summed E-state index contributed by atoms with van der Waals surface area (Å²) < 4.78 is 0. The van der Waals surface area contributed by atoms with E-state index in [0.29, 0.717) is 12.1 Å². The first-order valence-corrected chi connectivity index (χ1v) is 5.26. The number of aliphatic hydroxyl groups is 1. The number of rotatable bonds is 3. The second-order valence-corrected chi connectivity index (χ2v) is 2.71. The molecule has 1 amide bonds. The first kappa shape index (κ1) is 13.7. The molecule has 1 aromatic carbocycles. The lowest BCUT2D eigenvalue weighted by atomic mass is 10.1. The highest BCUT2D eigenvalue weighted by Gasteiger charge is 2.14. The standard InChI is InChI=1S/C10H13NO2.C2H6/c1-2-11-10(13)9(12)8-6-4-3-5-7-8;1-2/h3-7,9,12H,2H2,1H3,(H,11,13);1-2H3. The van der Waals surface area contributed by atoms with Gasteiger partial charge in [0.2, 0.25) is 0 Å². The second-order valence-electron chi connectivity index (χ2n) is 2.71. The molecule has 3 nitrogen and oxygen atoms in total. The summed E-state index contributed by atoms with van der Waals surface area (Å²) in [4.78, 5) is 11.2. The van der Waals surface area contributed by atoms with Gasteiger partial charge in [0.25, 0.3) is 5.91 Å². The Hall–Kier alpha value is -1.35. The molecular weight excluding hydrogens is 190 g/mol. The van der Waals surface area contributed by atoms with Crippen molar-refractivity contribution in [3.8, 4) is 0 Å². The average molecular weight is 209 g/mol. The molecule has 3 heteroatoms. The van der Waals surface area contributed by atoms with Crippen LogP contribution >= 0.6 is 0 Å². The predicted molar refractivity (Wildman–Crippen MR) is 61.4 cm³/mol. The second kappa shape index (κ2) is 8.00. The topological polar surface area (TPSA) is 49.3 Å². The number of benzene rings is 1. The highest BCUT2D eigenvalue weighted by atomic mass is 16.3. The van der Waals surface area contributed by atoms with Crippen molar-refractivity contribution < 1.29 is 9.90 Å². The normalized spacial score (nSPS) is 10.9. The van der Waals surface area contributed by atoms with E-state index in [1.54, 1.807) is 24.3 Å². The van der Waals surface area contributed by atoms with Gasteiger partial charge >= 0.3 is 0 Å². The van der Waals surface area contributed by atoms with E-state index in [1.165, 1.54) is 0 Å². The van der Waals surface area contributed by atoms with Gasteiger partial charge in [-0.25, -0.2) is 0 Å². The number of hydrogen-bond acceptors (Lipinski definition) is 2. The van der Waals surface area contributed by atoms with Gasteiger partial charge in [-0.15, -0.1) is 0 Å². The molecule has 0 heterocycles. The Morgan fingerprint density at radius 3 is 2.33 bits per heavy atom. The molecule has 0 saturated carbocycles. The van der Waals surface area contributed by atoms with Gasteiger partial charge in [0.1, 0.15) is 0 Å². The fourth-order valence-corrected chi connectivity index (χ4v) is 1.06. The molecule has 1 atom stereocenters. The molecule has 2 N–H and O–H groups in total. The molecule has 15 heavy (non-hydrogen) atoms. The fraction of sp³-hybridized carbons (Fsp3) is 0.417. The Balaban J connectivity index is 0.000000921. The van der Waals surface area contributed by atoms with Crippen molar-refractivity contribution in [2.45, 2.75) is 26.9 Å². The molecule has 1 aromatic rings. The Morgan fingerprint density at radius 1 is 1.33 bits per heavy atom. The van der Waals surface area contributed by atoms with E-state index in [0.717, 1.165) is 0 Å². The lowest BCUT2D eigenvalue weighted by Crippen LogP contribution is -2.28. The van der Waals surface area contributed by atoms with Gasteiger partial charge in [0.05, 0.1) is 0 Å². The van der Waals surface area contributed by atoms with Crippen LogP contribution in [-0.2, 0) is 4.79 Å². The van der Waals surface area contributed by atoms with E-state index >= 15 is 0 Å². The van der Waals surface area contributed by atoms with Crippen LogP contribution in [0.1, 0.15) is 32.4 Å². The summed E-state index contributed by atoms with van der Waals surface area (Å²) in [5, 5.41) is 12.1. The zero-order valence-electron chi connectivity index (χ0n) is 9.53. The summed E-state index contributed by atoms with van der Waals surface area (Å²) in [6.45, 7) is 6.35. The molecule has 0 bridgehead atoms. The first-order chi connectivity index (χ1) is 7.25. The van der Waals surface area contributed by atoms with Crippen molar-refractivity contribution in [1.29, 1.82) is 0 Å². The first-order valence-electron chi connectivity index (χ1n) is 5.26. The zero-order valence-corrected chi connectivity index (χ0v) is 9.53. The third-order valence-corrected chi connectivity index (χ3v) is 1.71. The quantitative estimate of drug-likeness (QED) is 0.798. The van der Waals surface area contributed by atoms with Gasteiger partial charge in [0.15, 0.2) is 6.10 Å². The molecule has 0 aliphatic carbocycles. The van der Waals surface area contributed by atoms with Gasteiger partial charge in [0, 0.05) is 6.54 Å². The van der Waals surface area contributed by atoms with Crippen molar-refractivity contribution in [2.24, 2.45) is 0 Å². The van der Waals surface area contributed by atoms with Crippen LogP contribution in [0.3, 0.4) is 0 Å². The smallest absolute Gasteiger partial charge is 0.253 e. The Labute approximate surface area is 91.1 Å². The molecule has 0 aliphatic heterocycles. The third-order valence-electron chi connectivity index (χ3n) is 1.71. The third kappa shape index (κ3) is 4.61. The van der Waals surface area contributed by atoms with Crippen LogP contribution in [0.15, 0.2) is 30.3 Å². The lowest BCUT2D eigenvalue weighted by Gasteiger charge is -2.09. The van der Waals surface area contributed by atoms with E-state index in [1.807, 2.05) is 26.8 Å². The van der Waals surface area contributed by atoms with Crippen molar-refractivity contribution in [2.75, 3.05) is 6.54 Å². The maximum absolute atomic E-state index is 11.2. The maximum atomic E-state index is 11.2. The highest BCUT2D eigenvalue weighted by molar-refractivity contribution is 5.81. The van der Waals surface area contributed by atoms with Crippen LogP contribution in [0, 0.1) is 0 Å². The monoisotopic (exact) mass is 209 g/mol. The number of carbonyl (C=O) groups is 1. The number of likely N-dealkylation sites (N-methyl/N-ethyl adjacent to an activating group) is 1. The largest absolute Gasteiger partial charge is 0.378 e. The molecule has 0 aliphatic rings. The summed E-state index contributed by atoms with van der Waals surface area (Å²) in [6, 6.07) is 8.86. The van der Waals surface area contributed by atoms with Gasteiger partial charge in [-0.05, 0) is 12.5 Å². The summed E-state index contributed by atoms with van der Waals surface area (Å²) in [7, 11) is 0. The number of carbonyl (C=O) groups excluding carboxylic acids is 1. The number of nitrogens with one attached hydrogen (secondary N) is 1. The minimum Gasteiger partial charge on any atom is -0.378 e. The summed E-state index contributed by atoms with van der Waals surface area (Å²) >= 11 is 0. The maximum Gasteiger partial charge on any atom is 0.253 e. The summed E-state index contributed by atoms with van der Waals surface area (Å²) in [6.07, 6.45) is -1.05. The summed E-state index contributed by atoms with van der Waals surface area (Å²) in [5.41, 5.74) is 0.619.